The molecule has 0 atom stereocenters. The Morgan fingerprint density at radius 1 is 1.62 bits per heavy atom. The summed E-state index contributed by atoms with van der Waals surface area (Å²) in [6.07, 6.45) is -2.67. The summed E-state index contributed by atoms with van der Waals surface area (Å²) < 4.78 is 24.6. The molecule has 0 saturated heterocycles. The smallest absolute Gasteiger partial charge is 0.265 e. The largest absolute Gasteiger partial charge is 0.397 e. The molecule has 13 heavy (non-hydrogen) atoms. The summed E-state index contributed by atoms with van der Waals surface area (Å²) >= 11 is 0. The van der Waals surface area contributed by atoms with Gasteiger partial charge in [0.25, 0.3) is 6.43 Å². The van der Waals surface area contributed by atoms with Crippen molar-refractivity contribution in [3.05, 3.63) is 23.0 Å². The Morgan fingerprint density at radius 3 is 2.69 bits per heavy atom. The van der Waals surface area contributed by atoms with E-state index in [0.29, 0.717) is 0 Å². The summed E-state index contributed by atoms with van der Waals surface area (Å²) in [4.78, 5) is 3.71. The number of pyridine rings is 1. The van der Waals surface area contributed by atoms with E-state index in [-0.39, 0.29) is 22.6 Å². The first-order valence-electron chi connectivity index (χ1n) is 3.51. The molecule has 0 unspecified atom stereocenters. The number of alkyl halides is 2. The molecule has 0 radical (unpaired) electrons. The van der Waals surface area contributed by atoms with Crippen LogP contribution >= 0.6 is 0 Å². The van der Waals surface area contributed by atoms with Crippen molar-refractivity contribution in [2.75, 3.05) is 5.73 Å². The highest BCUT2D eigenvalue weighted by Gasteiger charge is 2.14. The van der Waals surface area contributed by atoms with E-state index in [1.807, 2.05) is 0 Å². The topological polar surface area (TPSA) is 62.7 Å². The van der Waals surface area contributed by atoms with Gasteiger partial charge in [-0.3, -0.25) is 0 Å². The minimum absolute atomic E-state index is 0.0398. The third kappa shape index (κ3) is 1.72. The number of aryl methyl sites for hydroxylation is 1. The molecule has 0 aliphatic heterocycles. The maximum Gasteiger partial charge on any atom is 0.265 e. The van der Waals surface area contributed by atoms with Gasteiger partial charge in [0, 0.05) is 5.56 Å². The molecule has 0 spiro atoms. The molecule has 1 aromatic rings. The van der Waals surface area contributed by atoms with E-state index in [9.17, 15) is 8.78 Å². The summed E-state index contributed by atoms with van der Waals surface area (Å²) in [5, 5.41) is 8.46. The molecule has 0 aliphatic carbocycles. The van der Waals surface area contributed by atoms with Crippen molar-refractivity contribution in [2.45, 2.75) is 13.3 Å². The average Bonchev–Trinajstić information content (AvgIpc) is 2.09. The number of nitrogen functional groups attached to an aromatic ring is 1. The number of nitrogens with zero attached hydrogens (tertiary/aromatic N) is 2. The first kappa shape index (κ1) is 9.39. The lowest BCUT2D eigenvalue weighted by atomic mass is 10.1. The highest BCUT2D eigenvalue weighted by atomic mass is 19.3. The Kier molecular flexibility index (Phi) is 2.42. The van der Waals surface area contributed by atoms with Crippen molar-refractivity contribution < 1.29 is 8.78 Å². The van der Waals surface area contributed by atoms with E-state index in [4.69, 9.17) is 11.0 Å². The zero-order valence-electron chi connectivity index (χ0n) is 6.88. The Morgan fingerprint density at radius 2 is 2.23 bits per heavy atom. The second-order valence-electron chi connectivity index (χ2n) is 2.51. The van der Waals surface area contributed by atoms with E-state index in [1.165, 1.54) is 6.92 Å². The number of nitriles is 1. The van der Waals surface area contributed by atoms with Gasteiger partial charge in [-0.15, -0.1) is 0 Å². The third-order valence-electron chi connectivity index (χ3n) is 1.63. The van der Waals surface area contributed by atoms with Crippen LogP contribution in [0.25, 0.3) is 0 Å². The van der Waals surface area contributed by atoms with E-state index in [1.54, 1.807) is 6.07 Å². The fourth-order valence-electron chi connectivity index (χ4n) is 0.945. The van der Waals surface area contributed by atoms with Crippen LogP contribution in [-0.4, -0.2) is 4.98 Å². The molecule has 0 fully saturated rings. The van der Waals surface area contributed by atoms with Crippen LogP contribution in [0.3, 0.4) is 0 Å². The van der Waals surface area contributed by atoms with Crippen LogP contribution in [0.2, 0.25) is 0 Å². The maximum atomic E-state index is 12.3. The SMILES string of the molecule is Cc1nc(C#N)cc(C(F)F)c1N. The fraction of sp³-hybridized carbons (Fsp3) is 0.250. The molecular formula is C8H7F2N3. The van der Waals surface area contributed by atoms with Crippen LogP contribution in [0.1, 0.15) is 23.4 Å². The third-order valence-corrected chi connectivity index (χ3v) is 1.63. The number of nitrogens with two attached hydrogens (primary N) is 1. The van der Waals surface area contributed by atoms with Gasteiger partial charge < -0.3 is 5.73 Å². The van der Waals surface area contributed by atoms with Crippen molar-refractivity contribution in [3.63, 3.8) is 0 Å². The van der Waals surface area contributed by atoms with Crippen molar-refractivity contribution >= 4 is 5.69 Å². The Balaban J connectivity index is 3.35. The number of anilines is 1. The van der Waals surface area contributed by atoms with E-state index >= 15 is 0 Å². The number of halogens is 2. The van der Waals surface area contributed by atoms with Gasteiger partial charge in [0.05, 0.1) is 11.4 Å². The van der Waals surface area contributed by atoms with Gasteiger partial charge in [-0.25, -0.2) is 13.8 Å². The van der Waals surface area contributed by atoms with Gasteiger partial charge in [0.1, 0.15) is 11.8 Å². The molecule has 0 bridgehead atoms. The van der Waals surface area contributed by atoms with Crippen molar-refractivity contribution in [1.29, 1.82) is 5.26 Å². The quantitative estimate of drug-likeness (QED) is 0.721. The number of hydrogen-bond acceptors (Lipinski definition) is 3. The second-order valence-corrected chi connectivity index (χ2v) is 2.51. The molecule has 1 aromatic heterocycles. The zero-order chi connectivity index (χ0) is 10.0. The number of hydrogen-bond donors (Lipinski definition) is 1. The first-order valence-corrected chi connectivity index (χ1v) is 3.51. The lowest BCUT2D eigenvalue weighted by Gasteiger charge is -2.06. The second kappa shape index (κ2) is 3.35. The van der Waals surface area contributed by atoms with Crippen LogP contribution < -0.4 is 5.73 Å². The Labute approximate surface area is 73.8 Å². The van der Waals surface area contributed by atoms with Gasteiger partial charge in [-0.2, -0.15) is 5.26 Å². The van der Waals surface area contributed by atoms with Gasteiger partial charge >= 0.3 is 0 Å². The summed E-state index contributed by atoms with van der Waals surface area (Å²) in [6.45, 7) is 1.49. The van der Waals surface area contributed by atoms with Crippen LogP contribution in [0.5, 0.6) is 0 Å². The predicted molar refractivity (Wildman–Crippen MR) is 43.1 cm³/mol. The molecule has 68 valence electrons. The molecule has 0 aliphatic rings. The van der Waals surface area contributed by atoms with E-state index < -0.39 is 6.43 Å². The normalized spacial score (nSPS) is 10.1. The lowest BCUT2D eigenvalue weighted by molar-refractivity contribution is 0.152. The van der Waals surface area contributed by atoms with E-state index in [0.717, 1.165) is 6.07 Å². The summed E-state index contributed by atoms with van der Waals surface area (Å²) in [5.41, 5.74) is 5.20. The standard InChI is InChI=1S/C8H7F2N3/c1-4-7(12)6(8(9)10)2-5(3-11)13-4/h2,8H,12H2,1H3. The van der Waals surface area contributed by atoms with Crippen LogP contribution in [0.15, 0.2) is 6.07 Å². The van der Waals surface area contributed by atoms with Crippen LogP contribution in [-0.2, 0) is 0 Å². The highest BCUT2D eigenvalue weighted by molar-refractivity contribution is 5.53. The number of aromatic nitrogens is 1. The molecule has 1 rings (SSSR count). The number of rotatable bonds is 1. The predicted octanol–water partition coefficient (Wildman–Crippen LogP) is 1.78. The van der Waals surface area contributed by atoms with Gasteiger partial charge in [0.2, 0.25) is 0 Å². The molecule has 1 heterocycles. The Bertz CT molecular complexity index is 368. The summed E-state index contributed by atoms with van der Waals surface area (Å²) in [6, 6.07) is 2.70. The molecular weight excluding hydrogens is 176 g/mol. The minimum Gasteiger partial charge on any atom is -0.397 e. The molecule has 5 heteroatoms. The van der Waals surface area contributed by atoms with Crippen molar-refractivity contribution in [2.24, 2.45) is 0 Å². The van der Waals surface area contributed by atoms with Crippen LogP contribution in [0, 0.1) is 18.3 Å². The van der Waals surface area contributed by atoms with E-state index in [2.05, 4.69) is 4.98 Å². The molecule has 3 nitrogen and oxygen atoms in total. The lowest BCUT2D eigenvalue weighted by Crippen LogP contribution is -2.01. The van der Waals surface area contributed by atoms with Crippen molar-refractivity contribution in [1.82, 2.24) is 4.98 Å². The molecule has 0 aromatic carbocycles. The van der Waals surface area contributed by atoms with Gasteiger partial charge in [-0.05, 0) is 13.0 Å². The molecule has 0 amide bonds. The summed E-state index contributed by atoms with van der Waals surface area (Å²) in [5.74, 6) is 0. The summed E-state index contributed by atoms with van der Waals surface area (Å²) in [7, 11) is 0. The molecule has 0 saturated carbocycles. The van der Waals surface area contributed by atoms with Gasteiger partial charge in [-0.1, -0.05) is 0 Å². The van der Waals surface area contributed by atoms with Crippen LogP contribution in [0.4, 0.5) is 14.5 Å². The van der Waals surface area contributed by atoms with Crippen molar-refractivity contribution in [3.8, 4) is 6.07 Å². The zero-order valence-corrected chi connectivity index (χ0v) is 6.88. The maximum absolute atomic E-state index is 12.3. The first-order chi connectivity index (χ1) is 6.06. The highest BCUT2D eigenvalue weighted by Crippen LogP contribution is 2.26. The average molecular weight is 183 g/mol. The monoisotopic (exact) mass is 183 g/mol. The molecule has 2 N–H and O–H groups in total. The minimum atomic E-state index is -2.67. The fourth-order valence-corrected chi connectivity index (χ4v) is 0.945. The van der Waals surface area contributed by atoms with Gasteiger partial charge in [0.15, 0.2) is 0 Å². The Hall–Kier alpha value is -1.70.